The molecule has 3 heterocycles. The minimum atomic E-state index is -0.847. The minimum Gasteiger partial charge on any atom is -0.495 e. The van der Waals surface area contributed by atoms with Crippen molar-refractivity contribution in [3.05, 3.63) is 48.6 Å². The highest BCUT2D eigenvalue weighted by Gasteiger charge is 2.67. The number of benzene rings is 2. The third-order valence-electron chi connectivity index (χ3n) is 6.71. The van der Waals surface area contributed by atoms with E-state index in [0.717, 1.165) is 0 Å². The Morgan fingerprint density at radius 2 is 1.71 bits per heavy atom. The monoisotopic (exact) mass is 466 g/mol. The number of methoxy groups -OCH3 is 4. The van der Waals surface area contributed by atoms with Gasteiger partial charge >= 0.3 is 0 Å². The molecule has 5 rings (SSSR count). The van der Waals surface area contributed by atoms with E-state index in [9.17, 15) is 9.59 Å². The molecule has 1 spiro atoms. The second kappa shape index (κ2) is 8.25. The van der Waals surface area contributed by atoms with Crippen molar-refractivity contribution >= 4 is 23.2 Å². The van der Waals surface area contributed by atoms with Gasteiger partial charge in [-0.2, -0.15) is 0 Å². The van der Waals surface area contributed by atoms with Gasteiger partial charge in [0.25, 0.3) is 0 Å². The van der Waals surface area contributed by atoms with E-state index in [1.165, 1.54) is 21.3 Å². The molecule has 2 fully saturated rings. The highest BCUT2D eigenvalue weighted by Crippen LogP contribution is 2.53. The first kappa shape index (κ1) is 22.1. The zero-order chi connectivity index (χ0) is 24.0. The van der Waals surface area contributed by atoms with E-state index in [1.54, 1.807) is 30.2 Å². The fourth-order valence-electron chi connectivity index (χ4n) is 5.23. The van der Waals surface area contributed by atoms with Gasteiger partial charge in [0.2, 0.25) is 17.6 Å². The molecule has 2 aromatic rings. The Morgan fingerprint density at radius 1 is 1.03 bits per heavy atom. The van der Waals surface area contributed by atoms with Gasteiger partial charge in [0.05, 0.1) is 58.6 Å². The van der Waals surface area contributed by atoms with Crippen LogP contribution in [0.15, 0.2) is 48.6 Å². The largest absolute Gasteiger partial charge is 0.495 e. The molecule has 2 aromatic carbocycles. The molecule has 178 valence electrons. The quantitative estimate of drug-likeness (QED) is 0.627. The molecule has 3 aliphatic heterocycles. The summed E-state index contributed by atoms with van der Waals surface area (Å²) in [6.45, 7) is 0.317. The first-order chi connectivity index (χ1) is 16.5. The van der Waals surface area contributed by atoms with Gasteiger partial charge in [-0.15, -0.1) is 0 Å². The number of nitrogens with zero attached hydrogens (tertiary/aromatic N) is 1. The van der Waals surface area contributed by atoms with Crippen LogP contribution in [0.25, 0.3) is 0 Å². The molecule has 2 amide bonds. The van der Waals surface area contributed by atoms with E-state index in [1.807, 2.05) is 30.4 Å². The lowest BCUT2D eigenvalue weighted by atomic mass is 9.76. The molecule has 4 atom stereocenters. The average Bonchev–Trinajstić information content (AvgIpc) is 3.51. The molecule has 0 aliphatic carbocycles. The zero-order valence-corrected chi connectivity index (χ0v) is 19.4. The van der Waals surface area contributed by atoms with E-state index in [-0.39, 0.29) is 11.8 Å². The predicted octanol–water partition coefficient (Wildman–Crippen LogP) is 2.65. The van der Waals surface area contributed by atoms with Crippen molar-refractivity contribution in [3.8, 4) is 23.0 Å². The highest BCUT2D eigenvalue weighted by molar-refractivity contribution is 6.06. The number of carbonyl (C=O) groups excluding carboxylic acids is 2. The van der Waals surface area contributed by atoms with Gasteiger partial charge in [-0.1, -0.05) is 24.3 Å². The van der Waals surface area contributed by atoms with Gasteiger partial charge in [-0.3, -0.25) is 9.59 Å². The van der Waals surface area contributed by atoms with E-state index < -0.39 is 23.5 Å². The van der Waals surface area contributed by atoms with Crippen molar-refractivity contribution in [3.63, 3.8) is 0 Å². The lowest BCUT2D eigenvalue weighted by Crippen LogP contribution is -2.41. The van der Waals surface area contributed by atoms with E-state index in [0.29, 0.717) is 40.9 Å². The van der Waals surface area contributed by atoms with Crippen LogP contribution in [0.5, 0.6) is 23.0 Å². The fraction of sp³-hybridized carbons (Fsp3) is 0.360. The smallest absolute Gasteiger partial charge is 0.234 e. The normalized spacial score (nSPS) is 26.4. The Bertz CT molecular complexity index is 1150. The van der Waals surface area contributed by atoms with Crippen LogP contribution in [0.3, 0.4) is 0 Å². The lowest BCUT2D eigenvalue weighted by Gasteiger charge is -2.24. The van der Waals surface area contributed by atoms with Crippen molar-refractivity contribution in [2.45, 2.75) is 11.7 Å². The minimum absolute atomic E-state index is 0.165. The van der Waals surface area contributed by atoms with Crippen molar-refractivity contribution in [1.29, 1.82) is 0 Å². The summed E-state index contributed by atoms with van der Waals surface area (Å²) in [6.07, 6.45) is 3.31. The van der Waals surface area contributed by atoms with Crippen LogP contribution in [0.4, 0.5) is 11.4 Å². The summed E-state index contributed by atoms with van der Waals surface area (Å²) >= 11 is 0. The number of fused-ring (bicyclic) bond motifs is 1. The van der Waals surface area contributed by atoms with Crippen molar-refractivity contribution < 1.29 is 33.3 Å². The molecule has 0 radical (unpaired) electrons. The second-order valence-electron chi connectivity index (χ2n) is 8.40. The molecule has 0 unspecified atom stereocenters. The number of nitrogens with one attached hydrogen (secondary N) is 1. The summed E-state index contributed by atoms with van der Waals surface area (Å²) in [5.41, 5.74) is 0.273. The summed E-state index contributed by atoms with van der Waals surface area (Å²) in [5.74, 6) is 0.0302. The van der Waals surface area contributed by atoms with E-state index in [4.69, 9.17) is 23.7 Å². The standard InChI is InChI=1S/C25H26N2O7/c1-30-16-8-6-5-7-15(16)27-13-25-10-9-17(34-25)20(21(25)24(27)29)23(28)26-14-11-18(31-2)22(33-4)19(12-14)32-3/h5-12,17,20-21H,13H2,1-4H3,(H,26,28)/t17-,20+,21-,25-/m1/s1. The molecule has 9 nitrogen and oxygen atoms in total. The second-order valence-corrected chi connectivity index (χ2v) is 8.40. The Morgan fingerprint density at radius 3 is 2.35 bits per heavy atom. The fourth-order valence-corrected chi connectivity index (χ4v) is 5.23. The maximum Gasteiger partial charge on any atom is 0.234 e. The first-order valence-corrected chi connectivity index (χ1v) is 10.9. The van der Waals surface area contributed by atoms with Gasteiger partial charge in [0.15, 0.2) is 11.5 Å². The third-order valence-corrected chi connectivity index (χ3v) is 6.71. The van der Waals surface area contributed by atoms with Gasteiger partial charge in [0.1, 0.15) is 11.4 Å². The Balaban J connectivity index is 1.44. The molecule has 3 aliphatic rings. The highest BCUT2D eigenvalue weighted by atomic mass is 16.5. The molecule has 2 bridgehead atoms. The molecule has 0 saturated carbocycles. The molecule has 9 heteroatoms. The number of carbonyl (C=O) groups is 2. The summed E-state index contributed by atoms with van der Waals surface area (Å²) in [5, 5.41) is 2.91. The van der Waals surface area contributed by atoms with Crippen molar-refractivity contribution in [2.24, 2.45) is 11.8 Å². The van der Waals surface area contributed by atoms with Crippen LogP contribution in [0, 0.1) is 11.8 Å². The molecular formula is C25H26N2O7. The van der Waals surface area contributed by atoms with E-state index in [2.05, 4.69) is 5.32 Å². The Kier molecular flexibility index (Phi) is 5.36. The third kappa shape index (κ3) is 3.19. The first-order valence-electron chi connectivity index (χ1n) is 10.9. The SMILES string of the molecule is COc1ccccc1N1C[C@@]23C=C[C@@H](O2)[C@H](C(=O)Nc2cc(OC)c(OC)c(OC)c2)[C@@H]3C1=O. The lowest BCUT2D eigenvalue weighted by molar-refractivity contribution is -0.128. The van der Waals surface area contributed by atoms with Crippen molar-refractivity contribution in [2.75, 3.05) is 45.2 Å². The summed E-state index contributed by atoms with van der Waals surface area (Å²) in [4.78, 5) is 28.7. The maximum atomic E-state index is 13.6. The molecular weight excluding hydrogens is 440 g/mol. The summed E-state index contributed by atoms with van der Waals surface area (Å²) in [6, 6.07) is 10.6. The number of para-hydroxylation sites is 2. The van der Waals surface area contributed by atoms with Gasteiger partial charge in [-0.25, -0.2) is 0 Å². The van der Waals surface area contributed by atoms with Crippen LogP contribution in [0.1, 0.15) is 0 Å². The maximum absolute atomic E-state index is 13.6. The zero-order valence-electron chi connectivity index (χ0n) is 19.4. The van der Waals surface area contributed by atoms with Gasteiger partial charge in [-0.05, 0) is 12.1 Å². The number of rotatable bonds is 7. The summed E-state index contributed by atoms with van der Waals surface area (Å²) < 4.78 is 27.8. The van der Waals surface area contributed by atoms with Crippen LogP contribution in [0.2, 0.25) is 0 Å². The molecule has 34 heavy (non-hydrogen) atoms. The van der Waals surface area contributed by atoms with Crippen LogP contribution in [-0.2, 0) is 14.3 Å². The number of amides is 2. The van der Waals surface area contributed by atoms with Crippen molar-refractivity contribution in [1.82, 2.24) is 0 Å². The van der Waals surface area contributed by atoms with Crippen LogP contribution in [-0.4, -0.2) is 58.5 Å². The molecule has 2 saturated heterocycles. The predicted molar refractivity (Wildman–Crippen MR) is 124 cm³/mol. The molecule has 1 N–H and O–H groups in total. The molecule has 0 aromatic heterocycles. The Labute approximate surface area is 197 Å². The van der Waals surface area contributed by atoms with E-state index >= 15 is 0 Å². The number of hydrogen-bond acceptors (Lipinski definition) is 7. The number of hydrogen-bond donors (Lipinski definition) is 1. The topological polar surface area (TPSA) is 95.6 Å². The summed E-state index contributed by atoms with van der Waals surface area (Å²) in [7, 11) is 6.08. The Hall–Kier alpha value is -3.72. The van der Waals surface area contributed by atoms with Crippen LogP contribution < -0.4 is 29.2 Å². The van der Waals surface area contributed by atoms with Gasteiger partial charge in [0, 0.05) is 17.8 Å². The average molecular weight is 466 g/mol. The van der Waals surface area contributed by atoms with Gasteiger partial charge < -0.3 is 33.9 Å². The van der Waals surface area contributed by atoms with Crippen LogP contribution >= 0.6 is 0 Å². The number of anilines is 2. The number of ether oxygens (including phenoxy) is 5.